The summed E-state index contributed by atoms with van der Waals surface area (Å²) in [5, 5.41) is 0.153. The number of pyridine rings is 2. The molecule has 0 aromatic carbocycles. The van der Waals surface area contributed by atoms with Crippen LogP contribution in [-0.4, -0.2) is 47.3 Å². The Hall–Kier alpha value is -1.77. The minimum atomic E-state index is -4.10. The molecule has 3 heterocycles. The summed E-state index contributed by atoms with van der Waals surface area (Å²) in [7, 11) is 0. The average Bonchev–Trinajstić information content (AvgIpc) is 2.67. The molecule has 1 saturated heterocycles. The number of likely N-dealkylation sites (tertiary alicyclic amines) is 1. The lowest BCUT2D eigenvalue weighted by molar-refractivity contribution is -0.185. The summed E-state index contributed by atoms with van der Waals surface area (Å²) in [6.07, 6.45) is -2.30. The number of hydrogen-bond donors (Lipinski definition) is 1. The molecule has 2 aromatic rings. The standard InChI is InChI=1S/C20H23ClF3N3O2.ClH/c1-12-17(19(28)18(21)13(2)26-12)14-3-4-16(25-11-14)29-10-9-27-7-5-15(6-8-27)20(22,23)24;/h3-4,11,15H,5-10H2,1-2H3,(H,26,28);1H. The van der Waals surface area contributed by atoms with Crippen LogP contribution < -0.4 is 10.2 Å². The Morgan fingerprint density at radius 3 is 2.47 bits per heavy atom. The third-order valence-electron chi connectivity index (χ3n) is 5.24. The van der Waals surface area contributed by atoms with Gasteiger partial charge in [-0.05, 0) is 45.8 Å². The van der Waals surface area contributed by atoms with Crippen molar-refractivity contribution in [3.05, 3.63) is 45.0 Å². The molecule has 5 nitrogen and oxygen atoms in total. The molecule has 1 N–H and O–H groups in total. The molecular weight excluding hydrogens is 442 g/mol. The number of aromatic nitrogens is 2. The molecule has 0 amide bonds. The highest BCUT2D eigenvalue weighted by Gasteiger charge is 2.40. The third-order valence-corrected chi connectivity index (χ3v) is 5.69. The second-order valence-electron chi connectivity index (χ2n) is 7.28. The number of piperidine rings is 1. The number of ether oxygens (including phenoxy) is 1. The van der Waals surface area contributed by atoms with Crippen molar-refractivity contribution in [3.63, 3.8) is 0 Å². The number of aryl methyl sites for hydroxylation is 2. The molecule has 0 radical (unpaired) electrons. The number of nitrogens with one attached hydrogen (secondary N) is 1. The first kappa shape index (κ1) is 24.5. The van der Waals surface area contributed by atoms with E-state index in [0.717, 1.165) is 0 Å². The Kier molecular flexibility index (Phi) is 8.19. The van der Waals surface area contributed by atoms with Crippen molar-refractivity contribution in [2.75, 3.05) is 26.2 Å². The molecule has 1 fully saturated rings. The first-order valence-corrected chi connectivity index (χ1v) is 9.82. The van der Waals surface area contributed by atoms with E-state index in [0.29, 0.717) is 54.6 Å². The largest absolute Gasteiger partial charge is 0.476 e. The van der Waals surface area contributed by atoms with Gasteiger partial charge in [0.1, 0.15) is 11.6 Å². The smallest absolute Gasteiger partial charge is 0.391 e. The van der Waals surface area contributed by atoms with Gasteiger partial charge in [0.2, 0.25) is 11.3 Å². The monoisotopic (exact) mass is 465 g/mol. The predicted molar refractivity (Wildman–Crippen MR) is 113 cm³/mol. The van der Waals surface area contributed by atoms with Crippen LogP contribution in [0.25, 0.3) is 11.1 Å². The van der Waals surface area contributed by atoms with E-state index in [4.69, 9.17) is 16.3 Å². The molecule has 3 rings (SSSR count). The number of alkyl halides is 3. The Morgan fingerprint density at radius 1 is 1.23 bits per heavy atom. The van der Waals surface area contributed by atoms with E-state index in [1.54, 1.807) is 32.2 Å². The number of H-pyrrole nitrogens is 1. The number of aromatic amines is 1. The van der Waals surface area contributed by atoms with E-state index < -0.39 is 12.1 Å². The van der Waals surface area contributed by atoms with Gasteiger partial charge in [-0.2, -0.15) is 13.2 Å². The molecule has 0 spiro atoms. The Morgan fingerprint density at radius 2 is 1.90 bits per heavy atom. The molecule has 0 aliphatic carbocycles. The van der Waals surface area contributed by atoms with Crippen LogP contribution in [0.4, 0.5) is 13.2 Å². The molecule has 0 saturated carbocycles. The van der Waals surface area contributed by atoms with Crippen molar-refractivity contribution in [1.82, 2.24) is 14.9 Å². The van der Waals surface area contributed by atoms with E-state index in [2.05, 4.69) is 9.97 Å². The highest BCUT2D eigenvalue weighted by molar-refractivity contribution is 6.31. The molecule has 0 atom stereocenters. The summed E-state index contributed by atoms with van der Waals surface area (Å²) >= 11 is 6.06. The maximum Gasteiger partial charge on any atom is 0.391 e. The van der Waals surface area contributed by atoms with Crippen LogP contribution in [0.3, 0.4) is 0 Å². The Labute approximate surface area is 184 Å². The van der Waals surface area contributed by atoms with Gasteiger partial charge in [-0.1, -0.05) is 11.6 Å². The van der Waals surface area contributed by atoms with Crippen LogP contribution in [0.5, 0.6) is 5.88 Å². The highest BCUT2D eigenvalue weighted by atomic mass is 35.5. The summed E-state index contributed by atoms with van der Waals surface area (Å²) in [6.45, 7) is 5.24. The van der Waals surface area contributed by atoms with Crippen molar-refractivity contribution in [3.8, 4) is 17.0 Å². The molecule has 166 valence electrons. The van der Waals surface area contributed by atoms with Gasteiger partial charge in [0, 0.05) is 35.8 Å². The SMILES string of the molecule is Cc1[nH]c(C)c(-c2ccc(OCCN3CCC(C(F)(F)F)CC3)nc2)c(=O)c1Cl.Cl. The van der Waals surface area contributed by atoms with Gasteiger partial charge < -0.3 is 9.72 Å². The molecular formula is C20H24Cl2F3N3O2. The third kappa shape index (κ3) is 5.68. The van der Waals surface area contributed by atoms with Gasteiger partial charge in [-0.25, -0.2) is 4.98 Å². The molecule has 1 aliphatic rings. The molecule has 1 aliphatic heterocycles. The lowest BCUT2D eigenvalue weighted by atomic mass is 9.96. The van der Waals surface area contributed by atoms with E-state index in [1.165, 1.54) is 0 Å². The lowest BCUT2D eigenvalue weighted by Gasteiger charge is -2.32. The van der Waals surface area contributed by atoms with Gasteiger partial charge in [0.05, 0.1) is 11.5 Å². The zero-order valence-corrected chi connectivity index (χ0v) is 18.3. The minimum Gasteiger partial charge on any atom is -0.476 e. The fourth-order valence-corrected chi connectivity index (χ4v) is 3.72. The van der Waals surface area contributed by atoms with Crippen molar-refractivity contribution < 1.29 is 17.9 Å². The van der Waals surface area contributed by atoms with Crippen LogP contribution in [0.15, 0.2) is 23.1 Å². The summed E-state index contributed by atoms with van der Waals surface area (Å²) < 4.78 is 43.7. The van der Waals surface area contributed by atoms with E-state index in [9.17, 15) is 18.0 Å². The van der Waals surface area contributed by atoms with Gasteiger partial charge >= 0.3 is 6.18 Å². The molecule has 0 unspecified atom stereocenters. The normalized spacial score (nSPS) is 15.7. The molecule has 2 aromatic heterocycles. The zero-order valence-electron chi connectivity index (χ0n) is 16.7. The van der Waals surface area contributed by atoms with Crippen LogP contribution in [0.1, 0.15) is 24.2 Å². The van der Waals surface area contributed by atoms with Crippen LogP contribution in [0, 0.1) is 19.8 Å². The Bertz CT molecular complexity index is 909. The van der Waals surface area contributed by atoms with Gasteiger partial charge in [-0.15, -0.1) is 12.4 Å². The topological polar surface area (TPSA) is 58.2 Å². The maximum atomic E-state index is 12.7. The van der Waals surface area contributed by atoms with Crippen molar-refractivity contribution in [2.45, 2.75) is 32.9 Å². The summed E-state index contributed by atoms with van der Waals surface area (Å²) in [6, 6.07) is 3.40. The number of nitrogens with zero attached hydrogens (tertiary/aromatic N) is 2. The number of hydrogen-bond acceptors (Lipinski definition) is 4. The second kappa shape index (κ2) is 10.0. The zero-order chi connectivity index (χ0) is 21.2. The summed E-state index contributed by atoms with van der Waals surface area (Å²) in [4.78, 5) is 21.7. The van der Waals surface area contributed by atoms with E-state index >= 15 is 0 Å². The van der Waals surface area contributed by atoms with Crippen LogP contribution in [0.2, 0.25) is 5.02 Å². The van der Waals surface area contributed by atoms with Crippen molar-refractivity contribution in [1.29, 1.82) is 0 Å². The number of rotatable bonds is 5. The predicted octanol–water partition coefficient (Wildman–Crippen LogP) is 4.78. The van der Waals surface area contributed by atoms with Crippen LogP contribution in [-0.2, 0) is 0 Å². The fourth-order valence-electron chi connectivity index (χ4n) is 3.57. The number of halogens is 5. The van der Waals surface area contributed by atoms with E-state index in [-0.39, 0.29) is 35.7 Å². The summed E-state index contributed by atoms with van der Waals surface area (Å²) in [5.74, 6) is -0.804. The van der Waals surface area contributed by atoms with Crippen molar-refractivity contribution in [2.24, 2.45) is 5.92 Å². The van der Waals surface area contributed by atoms with E-state index in [1.807, 2.05) is 4.90 Å². The van der Waals surface area contributed by atoms with Gasteiger partial charge in [0.25, 0.3) is 0 Å². The fraction of sp³-hybridized carbons (Fsp3) is 0.500. The maximum absolute atomic E-state index is 12.7. The van der Waals surface area contributed by atoms with Gasteiger partial charge in [-0.3, -0.25) is 9.69 Å². The first-order valence-electron chi connectivity index (χ1n) is 9.44. The second-order valence-corrected chi connectivity index (χ2v) is 7.66. The highest BCUT2D eigenvalue weighted by Crippen LogP contribution is 2.34. The Balaban J connectivity index is 0.00000320. The molecule has 10 heteroatoms. The average molecular weight is 466 g/mol. The molecule has 30 heavy (non-hydrogen) atoms. The summed E-state index contributed by atoms with van der Waals surface area (Å²) in [5.41, 5.74) is 2.16. The van der Waals surface area contributed by atoms with Crippen LogP contribution >= 0.6 is 24.0 Å². The van der Waals surface area contributed by atoms with Gasteiger partial charge in [0.15, 0.2) is 0 Å². The minimum absolute atomic E-state index is 0. The quantitative estimate of drug-likeness (QED) is 0.689. The first-order chi connectivity index (χ1) is 13.7. The lowest BCUT2D eigenvalue weighted by Crippen LogP contribution is -2.40. The van der Waals surface area contributed by atoms with Crippen molar-refractivity contribution >= 4 is 24.0 Å². The molecule has 0 bridgehead atoms.